The first kappa shape index (κ1) is 25.9. The van der Waals surface area contributed by atoms with Gasteiger partial charge in [0.2, 0.25) is 0 Å². The minimum Gasteiger partial charge on any atom is -0.465 e. The molecule has 0 saturated heterocycles. The van der Waals surface area contributed by atoms with Gasteiger partial charge in [-0.15, -0.1) is 6.42 Å². The summed E-state index contributed by atoms with van der Waals surface area (Å²) < 4.78 is 34.9. The SMILES string of the molecule is C#CCn1c(=NC(=O)c2ccc(S(=O)(=O)N(CC)c3ccccc3)cc2)sc2cc(C(=O)OC)ccc21. The van der Waals surface area contributed by atoms with Crippen LogP contribution in [0.5, 0.6) is 0 Å². The van der Waals surface area contributed by atoms with Crippen LogP contribution in [0.1, 0.15) is 27.6 Å². The maximum Gasteiger partial charge on any atom is 0.337 e. The van der Waals surface area contributed by atoms with E-state index >= 15 is 0 Å². The van der Waals surface area contributed by atoms with Gasteiger partial charge in [0.25, 0.3) is 15.9 Å². The zero-order valence-corrected chi connectivity index (χ0v) is 21.8. The Morgan fingerprint density at radius 2 is 1.73 bits per heavy atom. The molecular formula is C27H23N3O5S2. The molecule has 0 fully saturated rings. The number of anilines is 1. The van der Waals surface area contributed by atoms with Crippen LogP contribution in [0.15, 0.2) is 82.7 Å². The molecule has 0 atom stereocenters. The molecule has 0 spiro atoms. The van der Waals surface area contributed by atoms with Gasteiger partial charge in [0.15, 0.2) is 4.80 Å². The normalized spacial score (nSPS) is 11.8. The number of esters is 1. The summed E-state index contributed by atoms with van der Waals surface area (Å²) in [6.45, 7) is 2.18. The molecule has 0 N–H and O–H groups in total. The van der Waals surface area contributed by atoms with Gasteiger partial charge in [0.1, 0.15) is 0 Å². The van der Waals surface area contributed by atoms with Crippen LogP contribution in [0.2, 0.25) is 0 Å². The van der Waals surface area contributed by atoms with E-state index < -0.39 is 21.9 Å². The molecule has 0 radical (unpaired) electrons. The molecule has 1 heterocycles. The fourth-order valence-electron chi connectivity index (χ4n) is 3.78. The Morgan fingerprint density at radius 3 is 2.35 bits per heavy atom. The molecule has 0 unspecified atom stereocenters. The lowest BCUT2D eigenvalue weighted by Crippen LogP contribution is -2.30. The molecule has 0 saturated carbocycles. The lowest BCUT2D eigenvalue weighted by molar-refractivity contribution is 0.0600. The number of thiazole rings is 1. The summed E-state index contributed by atoms with van der Waals surface area (Å²) in [5.74, 6) is 1.53. The minimum atomic E-state index is -3.82. The van der Waals surface area contributed by atoms with Crippen molar-refractivity contribution in [2.45, 2.75) is 18.4 Å². The molecule has 1 aromatic heterocycles. The topological polar surface area (TPSA) is 98.0 Å². The average molecular weight is 534 g/mol. The monoisotopic (exact) mass is 533 g/mol. The standard InChI is InChI=1S/C27H23N3O5S2/c1-4-17-29-23-16-13-20(26(32)35-3)18-24(23)36-27(29)28-25(31)19-11-14-22(15-12-19)37(33,34)30(5-2)21-9-7-6-8-10-21/h1,6-16,18H,5,17H2,2-3H3. The number of hydrogen-bond acceptors (Lipinski definition) is 6. The van der Waals surface area contributed by atoms with Gasteiger partial charge in [-0.1, -0.05) is 35.5 Å². The first-order chi connectivity index (χ1) is 17.8. The molecule has 188 valence electrons. The van der Waals surface area contributed by atoms with Crippen LogP contribution in [0.25, 0.3) is 10.2 Å². The summed E-state index contributed by atoms with van der Waals surface area (Å²) in [6, 6.07) is 19.5. The zero-order valence-electron chi connectivity index (χ0n) is 20.1. The van der Waals surface area contributed by atoms with E-state index in [1.165, 1.54) is 47.0 Å². The van der Waals surface area contributed by atoms with Gasteiger partial charge < -0.3 is 9.30 Å². The number of sulfonamides is 1. The molecule has 0 bridgehead atoms. The number of terminal acetylenes is 1. The quantitative estimate of drug-likeness (QED) is 0.263. The van der Waals surface area contributed by atoms with Gasteiger partial charge in [-0.25, -0.2) is 13.2 Å². The molecule has 0 aliphatic rings. The van der Waals surface area contributed by atoms with E-state index in [-0.39, 0.29) is 23.5 Å². The van der Waals surface area contributed by atoms with Crippen LogP contribution in [-0.4, -0.2) is 38.5 Å². The minimum absolute atomic E-state index is 0.0642. The van der Waals surface area contributed by atoms with Crippen molar-refractivity contribution in [3.05, 3.63) is 88.7 Å². The third-order valence-electron chi connectivity index (χ3n) is 5.57. The smallest absolute Gasteiger partial charge is 0.337 e. The number of hydrogen-bond donors (Lipinski definition) is 0. The highest BCUT2D eigenvalue weighted by atomic mass is 32.2. The maximum absolute atomic E-state index is 13.2. The largest absolute Gasteiger partial charge is 0.465 e. The predicted octanol–water partition coefficient (Wildman–Crippen LogP) is 4.08. The van der Waals surface area contributed by atoms with Gasteiger partial charge in [0, 0.05) is 12.1 Å². The Bertz CT molecular complexity index is 1680. The Morgan fingerprint density at radius 1 is 1.05 bits per heavy atom. The van der Waals surface area contributed by atoms with Gasteiger partial charge in [-0.05, 0) is 61.5 Å². The Hall–Kier alpha value is -4.20. The number of benzene rings is 3. The number of amides is 1. The van der Waals surface area contributed by atoms with Crippen molar-refractivity contribution in [1.82, 2.24) is 4.57 Å². The third-order valence-corrected chi connectivity index (χ3v) is 8.53. The van der Waals surface area contributed by atoms with Crippen molar-refractivity contribution in [3.8, 4) is 12.3 Å². The van der Waals surface area contributed by atoms with Crippen molar-refractivity contribution in [2.75, 3.05) is 18.0 Å². The molecule has 1 amide bonds. The summed E-state index contributed by atoms with van der Waals surface area (Å²) in [4.78, 5) is 29.5. The van der Waals surface area contributed by atoms with Crippen LogP contribution in [0.3, 0.4) is 0 Å². The van der Waals surface area contributed by atoms with Crippen LogP contribution < -0.4 is 9.11 Å². The highest BCUT2D eigenvalue weighted by Gasteiger charge is 2.23. The maximum atomic E-state index is 13.2. The number of aromatic nitrogens is 1. The molecule has 8 nitrogen and oxygen atoms in total. The number of methoxy groups -OCH3 is 1. The first-order valence-electron chi connectivity index (χ1n) is 11.2. The number of carbonyl (C=O) groups excluding carboxylic acids is 2. The Balaban J connectivity index is 1.68. The highest BCUT2D eigenvalue weighted by Crippen LogP contribution is 2.24. The van der Waals surface area contributed by atoms with Gasteiger partial charge in [0.05, 0.1) is 40.0 Å². The summed E-state index contributed by atoms with van der Waals surface area (Å²) in [7, 11) is -2.52. The highest BCUT2D eigenvalue weighted by molar-refractivity contribution is 7.92. The number of ether oxygens (including phenoxy) is 1. The van der Waals surface area contributed by atoms with E-state index in [0.717, 1.165) is 5.52 Å². The van der Waals surface area contributed by atoms with E-state index in [2.05, 4.69) is 10.9 Å². The van der Waals surface area contributed by atoms with E-state index in [1.54, 1.807) is 54.0 Å². The number of rotatable bonds is 7. The second-order valence-electron chi connectivity index (χ2n) is 7.80. The molecule has 3 aromatic carbocycles. The number of carbonyl (C=O) groups is 2. The molecular weight excluding hydrogens is 510 g/mol. The van der Waals surface area contributed by atoms with E-state index in [0.29, 0.717) is 20.8 Å². The van der Waals surface area contributed by atoms with Crippen molar-refractivity contribution >= 4 is 49.1 Å². The predicted molar refractivity (Wildman–Crippen MR) is 143 cm³/mol. The van der Waals surface area contributed by atoms with E-state index in [4.69, 9.17) is 11.2 Å². The molecule has 0 aliphatic carbocycles. The first-order valence-corrected chi connectivity index (χ1v) is 13.5. The Kier molecular flexibility index (Phi) is 7.57. The van der Waals surface area contributed by atoms with Crippen molar-refractivity contribution in [1.29, 1.82) is 0 Å². The molecule has 0 aliphatic heterocycles. The van der Waals surface area contributed by atoms with E-state index in [1.807, 2.05) is 6.07 Å². The second kappa shape index (κ2) is 10.8. The lowest BCUT2D eigenvalue weighted by atomic mass is 10.2. The van der Waals surface area contributed by atoms with Gasteiger partial charge in [-0.3, -0.25) is 9.10 Å². The number of fused-ring (bicyclic) bond motifs is 1. The summed E-state index contributed by atoms with van der Waals surface area (Å²) in [6.07, 6.45) is 5.53. The second-order valence-corrected chi connectivity index (χ2v) is 10.7. The Labute approximate surface area is 218 Å². The fraction of sp³-hybridized carbons (Fsp3) is 0.148. The van der Waals surface area contributed by atoms with Crippen molar-refractivity contribution in [3.63, 3.8) is 0 Å². The van der Waals surface area contributed by atoms with Crippen LogP contribution in [0, 0.1) is 12.3 Å². The number of nitrogens with zero attached hydrogens (tertiary/aromatic N) is 3. The van der Waals surface area contributed by atoms with Gasteiger partial charge in [-0.2, -0.15) is 4.99 Å². The van der Waals surface area contributed by atoms with Crippen molar-refractivity contribution < 1.29 is 22.7 Å². The van der Waals surface area contributed by atoms with Crippen LogP contribution in [0.4, 0.5) is 5.69 Å². The summed E-state index contributed by atoms with van der Waals surface area (Å²) >= 11 is 1.21. The fourth-order valence-corrected chi connectivity index (χ4v) is 6.32. The van der Waals surface area contributed by atoms with Crippen LogP contribution in [-0.2, 0) is 21.3 Å². The van der Waals surface area contributed by atoms with Crippen LogP contribution >= 0.6 is 11.3 Å². The molecule has 4 rings (SSSR count). The average Bonchev–Trinajstić information content (AvgIpc) is 3.25. The lowest BCUT2D eigenvalue weighted by Gasteiger charge is -2.22. The third kappa shape index (κ3) is 5.18. The molecule has 4 aromatic rings. The summed E-state index contributed by atoms with van der Waals surface area (Å²) in [5.41, 5.74) is 1.87. The zero-order chi connectivity index (χ0) is 26.6. The summed E-state index contributed by atoms with van der Waals surface area (Å²) in [5, 5.41) is 0. The molecule has 10 heteroatoms. The number of para-hydroxylation sites is 1. The molecule has 37 heavy (non-hydrogen) atoms. The van der Waals surface area contributed by atoms with E-state index in [9.17, 15) is 18.0 Å². The van der Waals surface area contributed by atoms with Gasteiger partial charge >= 0.3 is 5.97 Å². The van der Waals surface area contributed by atoms with Crippen molar-refractivity contribution in [2.24, 2.45) is 4.99 Å².